The van der Waals surface area contributed by atoms with Crippen molar-refractivity contribution in [3.8, 4) is 5.75 Å². The third-order valence-electron chi connectivity index (χ3n) is 3.04. The Labute approximate surface area is 124 Å². The van der Waals surface area contributed by atoms with Crippen LogP contribution in [0.1, 0.15) is 31.7 Å². The molecule has 4 heteroatoms. The van der Waals surface area contributed by atoms with Gasteiger partial charge in [0, 0.05) is 24.8 Å². The number of hydrogen-bond acceptors (Lipinski definition) is 2. The summed E-state index contributed by atoms with van der Waals surface area (Å²) in [6.07, 6.45) is 2.63. The number of alkyl halides is 1. The highest BCUT2D eigenvalue weighted by Crippen LogP contribution is 2.14. The van der Waals surface area contributed by atoms with Crippen LogP contribution in [0, 0.1) is 0 Å². The average Bonchev–Trinajstić information content (AvgIpc) is 2.45. The van der Waals surface area contributed by atoms with Crippen molar-refractivity contribution in [3.05, 3.63) is 29.8 Å². The Morgan fingerprint density at radius 3 is 2.47 bits per heavy atom. The van der Waals surface area contributed by atoms with E-state index in [0.717, 1.165) is 36.0 Å². The molecule has 0 radical (unpaired) electrons. The fraction of sp³-hybridized carbons (Fsp3) is 0.533. The first-order chi connectivity index (χ1) is 9.21. The van der Waals surface area contributed by atoms with Gasteiger partial charge in [0.05, 0.1) is 7.11 Å². The highest BCUT2D eigenvalue weighted by Gasteiger charge is 2.11. The molecular formula is C15H22BrNO2. The van der Waals surface area contributed by atoms with Crippen LogP contribution in [0.15, 0.2) is 24.3 Å². The summed E-state index contributed by atoms with van der Waals surface area (Å²) in [4.78, 5) is 14.0. The zero-order valence-electron chi connectivity index (χ0n) is 11.7. The van der Waals surface area contributed by atoms with E-state index in [4.69, 9.17) is 4.74 Å². The summed E-state index contributed by atoms with van der Waals surface area (Å²) in [5.74, 6) is 1.08. The maximum atomic E-state index is 12.1. The number of ether oxygens (including phenoxy) is 1. The van der Waals surface area contributed by atoms with Crippen molar-refractivity contribution in [1.82, 2.24) is 4.90 Å². The van der Waals surface area contributed by atoms with Crippen molar-refractivity contribution in [2.75, 3.05) is 19.0 Å². The van der Waals surface area contributed by atoms with Gasteiger partial charge in [0.25, 0.3) is 0 Å². The number of carbonyl (C=O) groups excluding carboxylic acids is 1. The lowest BCUT2D eigenvalue weighted by atomic mass is 10.2. The standard InChI is InChI=1S/C15H22BrNO2/c1-3-17(15(18)6-4-5-11-16)12-13-7-9-14(19-2)10-8-13/h7-10H,3-6,11-12H2,1-2H3. The van der Waals surface area contributed by atoms with E-state index >= 15 is 0 Å². The number of rotatable bonds is 8. The number of methoxy groups -OCH3 is 1. The van der Waals surface area contributed by atoms with Gasteiger partial charge in [0.1, 0.15) is 5.75 Å². The van der Waals surface area contributed by atoms with Crippen LogP contribution in [0.3, 0.4) is 0 Å². The first kappa shape index (κ1) is 16.0. The van der Waals surface area contributed by atoms with Crippen LogP contribution >= 0.6 is 15.9 Å². The summed E-state index contributed by atoms with van der Waals surface area (Å²) >= 11 is 3.38. The molecule has 0 saturated heterocycles. The summed E-state index contributed by atoms with van der Waals surface area (Å²) in [7, 11) is 1.65. The van der Waals surface area contributed by atoms with Crippen LogP contribution < -0.4 is 4.74 Å². The van der Waals surface area contributed by atoms with Gasteiger partial charge in [-0.15, -0.1) is 0 Å². The zero-order chi connectivity index (χ0) is 14.1. The Kier molecular flexibility index (Phi) is 7.56. The van der Waals surface area contributed by atoms with Crippen molar-refractivity contribution in [2.45, 2.75) is 32.7 Å². The highest BCUT2D eigenvalue weighted by molar-refractivity contribution is 9.09. The Balaban J connectivity index is 2.52. The molecule has 0 saturated carbocycles. The quantitative estimate of drug-likeness (QED) is 0.539. The molecule has 0 atom stereocenters. The molecule has 0 aliphatic heterocycles. The molecule has 0 spiro atoms. The molecule has 1 rings (SSSR count). The van der Waals surface area contributed by atoms with Crippen LogP contribution in [0.2, 0.25) is 0 Å². The molecule has 0 fully saturated rings. The summed E-state index contributed by atoms with van der Waals surface area (Å²) in [6.45, 7) is 3.44. The number of carbonyl (C=O) groups is 1. The van der Waals surface area contributed by atoms with E-state index in [1.807, 2.05) is 36.1 Å². The van der Waals surface area contributed by atoms with Gasteiger partial charge in [-0.1, -0.05) is 28.1 Å². The lowest BCUT2D eigenvalue weighted by molar-refractivity contribution is -0.131. The third kappa shape index (κ3) is 5.64. The highest BCUT2D eigenvalue weighted by atomic mass is 79.9. The van der Waals surface area contributed by atoms with Gasteiger partial charge in [0.15, 0.2) is 0 Å². The molecule has 1 amide bonds. The summed E-state index contributed by atoms with van der Waals surface area (Å²) in [5.41, 5.74) is 1.14. The van der Waals surface area contributed by atoms with Crippen LogP contribution in [-0.4, -0.2) is 29.8 Å². The lowest BCUT2D eigenvalue weighted by Crippen LogP contribution is -2.30. The molecule has 1 aromatic rings. The minimum absolute atomic E-state index is 0.235. The Morgan fingerprint density at radius 1 is 1.26 bits per heavy atom. The third-order valence-corrected chi connectivity index (χ3v) is 3.60. The monoisotopic (exact) mass is 327 g/mol. The molecule has 0 aromatic heterocycles. The van der Waals surface area contributed by atoms with E-state index in [1.54, 1.807) is 7.11 Å². The maximum Gasteiger partial charge on any atom is 0.222 e. The molecule has 19 heavy (non-hydrogen) atoms. The van der Waals surface area contributed by atoms with Gasteiger partial charge in [-0.25, -0.2) is 0 Å². The molecule has 0 heterocycles. The Morgan fingerprint density at radius 2 is 1.95 bits per heavy atom. The molecule has 3 nitrogen and oxygen atoms in total. The van der Waals surface area contributed by atoms with Gasteiger partial charge >= 0.3 is 0 Å². The van der Waals surface area contributed by atoms with Crippen LogP contribution in [-0.2, 0) is 11.3 Å². The molecule has 0 aliphatic carbocycles. The number of unbranched alkanes of at least 4 members (excludes halogenated alkanes) is 1. The summed E-state index contributed by atoms with van der Waals surface area (Å²) in [5, 5.41) is 0.963. The number of hydrogen-bond donors (Lipinski definition) is 0. The SMILES string of the molecule is CCN(Cc1ccc(OC)cc1)C(=O)CCCCBr. The van der Waals surface area contributed by atoms with Crippen molar-refractivity contribution in [3.63, 3.8) is 0 Å². The van der Waals surface area contributed by atoms with Crippen molar-refractivity contribution >= 4 is 21.8 Å². The molecule has 0 aliphatic rings. The second-order valence-electron chi connectivity index (χ2n) is 4.40. The van der Waals surface area contributed by atoms with Crippen LogP contribution in [0.4, 0.5) is 0 Å². The molecular weight excluding hydrogens is 306 g/mol. The predicted molar refractivity (Wildman–Crippen MR) is 81.7 cm³/mol. The number of halogens is 1. The van der Waals surface area contributed by atoms with E-state index in [0.29, 0.717) is 13.0 Å². The van der Waals surface area contributed by atoms with Crippen molar-refractivity contribution in [1.29, 1.82) is 0 Å². The lowest BCUT2D eigenvalue weighted by Gasteiger charge is -2.21. The molecule has 0 bridgehead atoms. The van der Waals surface area contributed by atoms with E-state index in [2.05, 4.69) is 15.9 Å². The van der Waals surface area contributed by atoms with Crippen LogP contribution in [0.25, 0.3) is 0 Å². The molecule has 106 valence electrons. The maximum absolute atomic E-state index is 12.1. The van der Waals surface area contributed by atoms with Crippen LogP contribution in [0.5, 0.6) is 5.75 Å². The van der Waals surface area contributed by atoms with Gasteiger partial charge < -0.3 is 9.64 Å². The molecule has 1 aromatic carbocycles. The van der Waals surface area contributed by atoms with E-state index in [-0.39, 0.29) is 5.91 Å². The fourth-order valence-electron chi connectivity index (χ4n) is 1.86. The number of benzene rings is 1. The average molecular weight is 328 g/mol. The molecule has 0 N–H and O–H groups in total. The van der Waals surface area contributed by atoms with Crippen molar-refractivity contribution < 1.29 is 9.53 Å². The van der Waals surface area contributed by atoms with Gasteiger partial charge in [0.2, 0.25) is 5.91 Å². The van der Waals surface area contributed by atoms with Crippen molar-refractivity contribution in [2.24, 2.45) is 0 Å². The Bertz CT molecular complexity index is 378. The summed E-state index contributed by atoms with van der Waals surface area (Å²) < 4.78 is 5.13. The number of amides is 1. The van der Waals surface area contributed by atoms with E-state index < -0.39 is 0 Å². The minimum Gasteiger partial charge on any atom is -0.497 e. The topological polar surface area (TPSA) is 29.5 Å². The largest absolute Gasteiger partial charge is 0.497 e. The molecule has 0 unspecified atom stereocenters. The first-order valence-electron chi connectivity index (χ1n) is 6.68. The predicted octanol–water partition coefficient (Wildman–Crippen LogP) is 3.61. The van der Waals surface area contributed by atoms with Gasteiger partial charge in [-0.05, 0) is 37.5 Å². The van der Waals surface area contributed by atoms with E-state index in [9.17, 15) is 4.79 Å². The number of nitrogens with zero attached hydrogens (tertiary/aromatic N) is 1. The van der Waals surface area contributed by atoms with Gasteiger partial charge in [-0.2, -0.15) is 0 Å². The zero-order valence-corrected chi connectivity index (χ0v) is 13.3. The normalized spacial score (nSPS) is 10.3. The first-order valence-corrected chi connectivity index (χ1v) is 7.80. The van der Waals surface area contributed by atoms with E-state index in [1.165, 1.54) is 0 Å². The fourth-order valence-corrected chi connectivity index (χ4v) is 2.25. The Hall–Kier alpha value is -1.03. The van der Waals surface area contributed by atoms with Gasteiger partial charge in [-0.3, -0.25) is 4.79 Å². The minimum atomic E-state index is 0.235. The second kappa shape index (κ2) is 8.97. The summed E-state index contributed by atoms with van der Waals surface area (Å²) in [6, 6.07) is 7.87. The second-order valence-corrected chi connectivity index (χ2v) is 5.20. The smallest absolute Gasteiger partial charge is 0.222 e.